The topological polar surface area (TPSA) is 112 Å². The summed E-state index contributed by atoms with van der Waals surface area (Å²) in [5.41, 5.74) is -0.0344. The van der Waals surface area contributed by atoms with E-state index in [0.717, 1.165) is 31.4 Å². The van der Waals surface area contributed by atoms with E-state index >= 15 is 0 Å². The van der Waals surface area contributed by atoms with Gasteiger partial charge in [0, 0.05) is 5.56 Å². The van der Waals surface area contributed by atoms with Crippen LogP contribution in [0.25, 0.3) is 11.3 Å². The largest absolute Gasteiger partial charge is 0.416 e. The van der Waals surface area contributed by atoms with Gasteiger partial charge in [-0.05, 0) is 30.7 Å². The third-order valence-electron chi connectivity index (χ3n) is 5.06. The van der Waals surface area contributed by atoms with Crippen molar-refractivity contribution in [1.82, 2.24) is 20.7 Å². The van der Waals surface area contributed by atoms with Gasteiger partial charge in [-0.1, -0.05) is 44.4 Å². The number of halogens is 3. The molecule has 3 N–H and O–H groups in total. The van der Waals surface area contributed by atoms with Crippen LogP contribution in [-0.4, -0.2) is 46.7 Å². The SMILES string of the molecule is CCCCC[C@H](CN(O)C=O)C(=O)NCNC(=O)c1cccc(-c2ccc(C(F)(F)F)cc2)n1. The number of amides is 3. The molecule has 1 aromatic carbocycles. The lowest BCUT2D eigenvalue weighted by Gasteiger charge is -2.19. The molecule has 2 aromatic rings. The summed E-state index contributed by atoms with van der Waals surface area (Å²) in [6, 6.07) is 8.97. The minimum Gasteiger partial charge on any atom is -0.338 e. The molecule has 0 unspecified atom stereocenters. The van der Waals surface area contributed by atoms with Gasteiger partial charge < -0.3 is 10.6 Å². The van der Waals surface area contributed by atoms with E-state index < -0.39 is 29.5 Å². The number of pyridine rings is 1. The number of rotatable bonds is 12. The Morgan fingerprint density at radius 3 is 2.44 bits per heavy atom. The second-order valence-corrected chi connectivity index (χ2v) is 7.63. The van der Waals surface area contributed by atoms with Crippen molar-refractivity contribution in [2.75, 3.05) is 13.2 Å². The Hall–Kier alpha value is -3.47. The van der Waals surface area contributed by atoms with Crippen LogP contribution in [0.2, 0.25) is 0 Å². The van der Waals surface area contributed by atoms with E-state index in [4.69, 9.17) is 0 Å². The average Bonchev–Trinajstić information content (AvgIpc) is 2.82. The van der Waals surface area contributed by atoms with E-state index in [9.17, 15) is 32.8 Å². The molecule has 0 saturated heterocycles. The first kappa shape index (κ1) is 26.8. The van der Waals surface area contributed by atoms with Crippen LogP contribution in [-0.2, 0) is 15.8 Å². The lowest BCUT2D eigenvalue weighted by molar-refractivity contribution is -0.154. The predicted molar refractivity (Wildman–Crippen MR) is 117 cm³/mol. The number of nitrogens with one attached hydrogen (secondary N) is 2. The van der Waals surface area contributed by atoms with Gasteiger partial charge in [-0.3, -0.25) is 19.6 Å². The summed E-state index contributed by atoms with van der Waals surface area (Å²) in [6.45, 7) is 1.64. The molecule has 0 aliphatic carbocycles. The van der Waals surface area contributed by atoms with E-state index in [0.29, 0.717) is 22.7 Å². The zero-order chi connectivity index (χ0) is 25.1. The van der Waals surface area contributed by atoms with Crippen molar-refractivity contribution in [3.63, 3.8) is 0 Å². The van der Waals surface area contributed by atoms with Crippen LogP contribution in [0.1, 0.15) is 48.7 Å². The smallest absolute Gasteiger partial charge is 0.338 e. The van der Waals surface area contributed by atoms with E-state index in [1.54, 1.807) is 12.1 Å². The Bertz CT molecular complexity index is 967. The number of alkyl halides is 3. The normalized spacial score (nSPS) is 12.0. The van der Waals surface area contributed by atoms with Gasteiger partial charge in [-0.25, -0.2) is 10.0 Å². The number of hydrogen-bond donors (Lipinski definition) is 3. The van der Waals surface area contributed by atoms with Crippen molar-refractivity contribution < 1.29 is 32.8 Å². The first-order valence-electron chi connectivity index (χ1n) is 10.8. The number of carbonyl (C=O) groups excluding carboxylic acids is 3. The molecule has 0 saturated carbocycles. The van der Waals surface area contributed by atoms with Gasteiger partial charge in [-0.2, -0.15) is 13.2 Å². The highest BCUT2D eigenvalue weighted by Gasteiger charge is 2.30. The van der Waals surface area contributed by atoms with Crippen LogP contribution in [0.4, 0.5) is 13.2 Å². The number of hydrogen-bond acceptors (Lipinski definition) is 5. The standard InChI is InChI=1S/C23H27F3N4O4/c1-2-3-4-6-17(13-30(34)15-31)21(32)27-14-28-22(33)20-8-5-7-19(29-20)16-9-11-18(12-10-16)23(24,25)26/h5,7-12,15,17,34H,2-4,6,13-14H2,1H3,(H,27,32)(H,28,33)/t17-/m1/s1. The Morgan fingerprint density at radius 2 is 1.82 bits per heavy atom. The summed E-state index contributed by atoms with van der Waals surface area (Å²) in [4.78, 5) is 39.7. The Labute approximate surface area is 195 Å². The Balaban J connectivity index is 1.96. The van der Waals surface area contributed by atoms with Crippen molar-refractivity contribution in [3.8, 4) is 11.3 Å². The summed E-state index contributed by atoms with van der Waals surface area (Å²) >= 11 is 0. The fourth-order valence-corrected chi connectivity index (χ4v) is 3.21. The number of hydroxylamine groups is 2. The Kier molecular flexibility index (Phi) is 9.99. The van der Waals surface area contributed by atoms with Crippen molar-refractivity contribution in [2.45, 2.75) is 38.8 Å². The molecule has 0 aliphatic rings. The van der Waals surface area contributed by atoms with Crippen LogP contribution in [0.5, 0.6) is 0 Å². The molecule has 1 heterocycles. The molecular formula is C23H27F3N4O4. The monoisotopic (exact) mass is 480 g/mol. The van der Waals surface area contributed by atoms with E-state index in [2.05, 4.69) is 15.6 Å². The van der Waals surface area contributed by atoms with Crippen molar-refractivity contribution in [2.24, 2.45) is 5.92 Å². The second-order valence-electron chi connectivity index (χ2n) is 7.63. The molecule has 11 heteroatoms. The second kappa shape index (κ2) is 12.7. The number of unbranched alkanes of at least 4 members (excludes halogenated alkanes) is 2. The molecule has 1 aromatic heterocycles. The number of carbonyl (C=O) groups is 3. The molecule has 0 spiro atoms. The van der Waals surface area contributed by atoms with Crippen LogP contribution in [0.3, 0.4) is 0 Å². The van der Waals surface area contributed by atoms with Crippen molar-refractivity contribution in [1.29, 1.82) is 0 Å². The van der Waals surface area contributed by atoms with Crippen molar-refractivity contribution in [3.05, 3.63) is 53.7 Å². The Morgan fingerprint density at radius 1 is 1.12 bits per heavy atom. The molecule has 8 nitrogen and oxygen atoms in total. The number of benzene rings is 1. The summed E-state index contributed by atoms with van der Waals surface area (Å²) < 4.78 is 38.2. The number of nitrogens with zero attached hydrogens (tertiary/aromatic N) is 2. The van der Waals surface area contributed by atoms with Gasteiger partial charge in [0.05, 0.1) is 30.4 Å². The van der Waals surface area contributed by atoms with Gasteiger partial charge in [-0.15, -0.1) is 0 Å². The zero-order valence-electron chi connectivity index (χ0n) is 18.6. The fourth-order valence-electron chi connectivity index (χ4n) is 3.21. The number of aromatic nitrogens is 1. The molecule has 184 valence electrons. The zero-order valence-corrected chi connectivity index (χ0v) is 18.6. The molecule has 0 fully saturated rings. The van der Waals surface area contributed by atoms with Crippen LogP contribution in [0, 0.1) is 5.92 Å². The molecule has 2 rings (SSSR count). The minimum absolute atomic E-state index is 0.0219. The quantitative estimate of drug-likeness (QED) is 0.141. The summed E-state index contributed by atoms with van der Waals surface area (Å²) in [5, 5.41) is 14.9. The molecule has 0 bridgehead atoms. The summed E-state index contributed by atoms with van der Waals surface area (Å²) in [5.74, 6) is -1.66. The van der Waals surface area contributed by atoms with E-state index in [-0.39, 0.29) is 25.3 Å². The van der Waals surface area contributed by atoms with Gasteiger partial charge in [0.15, 0.2) is 0 Å². The molecule has 1 atom stereocenters. The van der Waals surface area contributed by atoms with Crippen molar-refractivity contribution >= 4 is 18.2 Å². The maximum absolute atomic E-state index is 12.7. The first-order chi connectivity index (χ1) is 16.2. The third kappa shape index (κ3) is 8.14. The highest BCUT2D eigenvalue weighted by molar-refractivity contribution is 5.93. The third-order valence-corrected chi connectivity index (χ3v) is 5.06. The highest BCUT2D eigenvalue weighted by atomic mass is 19.4. The fraction of sp³-hybridized carbons (Fsp3) is 0.391. The predicted octanol–water partition coefficient (Wildman–Crippen LogP) is 3.62. The molecule has 34 heavy (non-hydrogen) atoms. The molecule has 3 amide bonds. The van der Waals surface area contributed by atoms with Gasteiger partial charge in [0.2, 0.25) is 12.3 Å². The van der Waals surface area contributed by atoms with Crippen LogP contribution in [0.15, 0.2) is 42.5 Å². The molecule has 0 radical (unpaired) electrons. The first-order valence-corrected chi connectivity index (χ1v) is 10.8. The van der Waals surface area contributed by atoms with Crippen LogP contribution >= 0.6 is 0 Å². The molecular weight excluding hydrogens is 453 g/mol. The maximum Gasteiger partial charge on any atom is 0.416 e. The van der Waals surface area contributed by atoms with Gasteiger partial charge in [0.25, 0.3) is 5.91 Å². The minimum atomic E-state index is -4.45. The van der Waals surface area contributed by atoms with Gasteiger partial charge >= 0.3 is 6.18 Å². The van der Waals surface area contributed by atoms with E-state index in [1.807, 2.05) is 6.92 Å². The molecule has 0 aliphatic heterocycles. The van der Waals surface area contributed by atoms with Crippen LogP contribution < -0.4 is 10.6 Å². The maximum atomic E-state index is 12.7. The summed E-state index contributed by atoms with van der Waals surface area (Å²) in [7, 11) is 0. The van der Waals surface area contributed by atoms with E-state index in [1.165, 1.54) is 18.2 Å². The average molecular weight is 480 g/mol. The lowest BCUT2D eigenvalue weighted by atomic mass is 10.0. The summed E-state index contributed by atoms with van der Waals surface area (Å²) in [6.07, 6.45) is -1.18. The lowest BCUT2D eigenvalue weighted by Crippen LogP contribution is -2.43. The highest BCUT2D eigenvalue weighted by Crippen LogP contribution is 2.30. The van der Waals surface area contributed by atoms with Gasteiger partial charge in [0.1, 0.15) is 5.69 Å².